The minimum atomic E-state index is -4.35. The van der Waals surface area contributed by atoms with Crippen LogP contribution < -0.4 is 10.2 Å². The lowest BCUT2D eigenvalue weighted by atomic mass is 10.1. The molecule has 0 atom stereocenters. The lowest BCUT2D eigenvalue weighted by Gasteiger charge is -2.36. The van der Waals surface area contributed by atoms with E-state index in [-0.39, 0.29) is 5.91 Å². The molecule has 1 saturated heterocycles. The molecule has 0 spiro atoms. The summed E-state index contributed by atoms with van der Waals surface area (Å²) >= 11 is 1.31. The zero-order valence-corrected chi connectivity index (χ0v) is 15.8. The SMILES string of the molecule is N#Cc1ccsc1NC(=O)CCN1CCN(c2cccc(C(F)(F)F)c2)CC1. The normalized spacial score (nSPS) is 15.3. The summed E-state index contributed by atoms with van der Waals surface area (Å²) in [5.74, 6) is -0.153. The summed E-state index contributed by atoms with van der Waals surface area (Å²) in [6.07, 6.45) is -4.05. The molecular weight excluding hydrogens is 389 g/mol. The fraction of sp³-hybridized carbons (Fsp3) is 0.368. The van der Waals surface area contributed by atoms with Gasteiger partial charge in [-0.1, -0.05) is 6.07 Å². The van der Waals surface area contributed by atoms with Crippen LogP contribution in [0.3, 0.4) is 0 Å². The molecule has 0 saturated carbocycles. The molecule has 0 radical (unpaired) electrons. The van der Waals surface area contributed by atoms with E-state index in [0.29, 0.717) is 55.4 Å². The van der Waals surface area contributed by atoms with Gasteiger partial charge in [0.05, 0.1) is 11.1 Å². The first-order chi connectivity index (χ1) is 13.4. The molecule has 9 heteroatoms. The molecule has 1 fully saturated rings. The zero-order valence-electron chi connectivity index (χ0n) is 15.0. The predicted octanol–water partition coefficient (Wildman–Crippen LogP) is 3.79. The largest absolute Gasteiger partial charge is 0.416 e. The molecule has 1 aliphatic heterocycles. The average Bonchev–Trinajstić information content (AvgIpc) is 3.13. The van der Waals surface area contributed by atoms with Crippen LogP contribution in [0, 0.1) is 11.3 Å². The third-order valence-electron chi connectivity index (χ3n) is 4.60. The molecule has 5 nitrogen and oxygen atoms in total. The Labute approximate surface area is 165 Å². The maximum Gasteiger partial charge on any atom is 0.416 e. The van der Waals surface area contributed by atoms with Crippen molar-refractivity contribution in [1.82, 2.24) is 4.90 Å². The summed E-state index contributed by atoms with van der Waals surface area (Å²) in [5.41, 5.74) is 0.372. The van der Waals surface area contributed by atoms with Gasteiger partial charge in [0.15, 0.2) is 0 Å². The van der Waals surface area contributed by atoms with Gasteiger partial charge in [0.25, 0.3) is 0 Å². The maximum atomic E-state index is 12.9. The van der Waals surface area contributed by atoms with E-state index in [2.05, 4.69) is 10.2 Å². The van der Waals surface area contributed by atoms with E-state index < -0.39 is 11.7 Å². The molecule has 1 aromatic carbocycles. The smallest absolute Gasteiger partial charge is 0.369 e. The van der Waals surface area contributed by atoms with Crippen molar-refractivity contribution < 1.29 is 18.0 Å². The van der Waals surface area contributed by atoms with Crippen molar-refractivity contribution in [3.05, 3.63) is 46.8 Å². The number of benzene rings is 1. The Morgan fingerprint density at radius 2 is 1.96 bits per heavy atom. The van der Waals surface area contributed by atoms with E-state index in [1.807, 2.05) is 11.0 Å². The second kappa shape index (κ2) is 8.63. The number of rotatable bonds is 5. The number of nitrogens with one attached hydrogen (secondary N) is 1. The van der Waals surface area contributed by atoms with Crippen LogP contribution in [0.4, 0.5) is 23.9 Å². The summed E-state index contributed by atoms with van der Waals surface area (Å²) in [4.78, 5) is 16.1. The first kappa shape index (κ1) is 20.2. The van der Waals surface area contributed by atoms with Gasteiger partial charge >= 0.3 is 6.18 Å². The van der Waals surface area contributed by atoms with Gasteiger partial charge in [-0.2, -0.15) is 18.4 Å². The highest BCUT2D eigenvalue weighted by Crippen LogP contribution is 2.31. The fourth-order valence-electron chi connectivity index (χ4n) is 3.05. The molecule has 1 amide bonds. The number of amides is 1. The van der Waals surface area contributed by atoms with Gasteiger partial charge in [-0.3, -0.25) is 9.69 Å². The second-order valence-corrected chi connectivity index (χ2v) is 7.37. The Morgan fingerprint density at radius 1 is 1.21 bits per heavy atom. The highest BCUT2D eigenvalue weighted by atomic mass is 32.1. The molecule has 0 unspecified atom stereocenters. The van der Waals surface area contributed by atoms with Gasteiger partial charge < -0.3 is 10.2 Å². The first-order valence-electron chi connectivity index (χ1n) is 8.79. The molecule has 3 rings (SSSR count). The van der Waals surface area contributed by atoms with E-state index in [4.69, 9.17) is 5.26 Å². The van der Waals surface area contributed by atoms with E-state index in [1.54, 1.807) is 17.5 Å². The minimum Gasteiger partial charge on any atom is -0.369 e. The number of piperazine rings is 1. The lowest BCUT2D eigenvalue weighted by Crippen LogP contribution is -2.47. The van der Waals surface area contributed by atoms with Crippen molar-refractivity contribution in [3.63, 3.8) is 0 Å². The van der Waals surface area contributed by atoms with Gasteiger partial charge in [-0.15, -0.1) is 11.3 Å². The second-order valence-electron chi connectivity index (χ2n) is 6.45. The number of hydrogen-bond acceptors (Lipinski definition) is 5. The van der Waals surface area contributed by atoms with Crippen molar-refractivity contribution in [3.8, 4) is 6.07 Å². The van der Waals surface area contributed by atoms with Crippen LogP contribution in [0.1, 0.15) is 17.5 Å². The maximum absolute atomic E-state index is 12.9. The Kier molecular flexibility index (Phi) is 6.21. The first-order valence-corrected chi connectivity index (χ1v) is 9.67. The third-order valence-corrected chi connectivity index (χ3v) is 5.43. The van der Waals surface area contributed by atoms with E-state index in [9.17, 15) is 18.0 Å². The topological polar surface area (TPSA) is 59.4 Å². The van der Waals surface area contributed by atoms with Crippen molar-refractivity contribution in [2.45, 2.75) is 12.6 Å². The Bertz CT molecular complexity index is 867. The number of hydrogen-bond donors (Lipinski definition) is 1. The summed E-state index contributed by atoms with van der Waals surface area (Å²) in [7, 11) is 0. The quantitative estimate of drug-likeness (QED) is 0.818. The monoisotopic (exact) mass is 408 g/mol. The number of nitrogens with zero attached hydrogens (tertiary/aromatic N) is 3. The summed E-state index contributed by atoms with van der Waals surface area (Å²) < 4.78 is 38.6. The number of carbonyl (C=O) groups excluding carboxylic acids is 1. The van der Waals surface area contributed by atoms with Crippen molar-refractivity contribution in [2.75, 3.05) is 42.9 Å². The van der Waals surface area contributed by atoms with Crippen LogP contribution in [-0.4, -0.2) is 43.5 Å². The lowest BCUT2D eigenvalue weighted by molar-refractivity contribution is -0.137. The number of nitriles is 1. The van der Waals surface area contributed by atoms with Gasteiger partial charge in [0.2, 0.25) is 5.91 Å². The standard InChI is InChI=1S/C19H19F3N4OS/c20-19(21,22)15-2-1-3-16(12-15)26-9-7-25(8-10-26)6-4-17(27)24-18-14(13-23)5-11-28-18/h1-3,5,11-12H,4,6-10H2,(H,24,27). The Hall–Kier alpha value is -2.57. The summed E-state index contributed by atoms with van der Waals surface area (Å²) in [6, 6.07) is 9.05. The molecule has 2 heterocycles. The zero-order chi connectivity index (χ0) is 20.1. The van der Waals surface area contributed by atoms with Crippen LogP contribution in [0.25, 0.3) is 0 Å². The number of anilines is 2. The van der Waals surface area contributed by atoms with Gasteiger partial charge in [-0.05, 0) is 29.6 Å². The third kappa shape index (κ3) is 5.03. The molecule has 1 aromatic heterocycles. The van der Waals surface area contributed by atoms with Crippen LogP contribution >= 0.6 is 11.3 Å². The van der Waals surface area contributed by atoms with Gasteiger partial charge in [0.1, 0.15) is 11.1 Å². The van der Waals surface area contributed by atoms with E-state index >= 15 is 0 Å². The van der Waals surface area contributed by atoms with Crippen molar-refractivity contribution in [2.24, 2.45) is 0 Å². The molecule has 0 bridgehead atoms. The average molecular weight is 408 g/mol. The van der Waals surface area contributed by atoms with E-state index in [0.717, 1.165) is 6.07 Å². The van der Waals surface area contributed by atoms with Crippen LogP contribution in [0.15, 0.2) is 35.7 Å². The summed E-state index contributed by atoms with van der Waals surface area (Å²) in [6.45, 7) is 3.12. The van der Waals surface area contributed by atoms with Crippen LogP contribution in [0.2, 0.25) is 0 Å². The molecule has 0 aliphatic carbocycles. The molecule has 1 N–H and O–H groups in total. The number of halogens is 3. The highest BCUT2D eigenvalue weighted by molar-refractivity contribution is 7.14. The molecular formula is C19H19F3N4OS. The number of alkyl halides is 3. The molecule has 148 valence electrons. The van der Waals surface area contributed by atoms with Gasteiger partial charge in [-0.25, -0.2) is 0 Å². The summed E-state index contributed by atoms with van der Waals surface area (Å²) in [5, 5.41) is 14.0. The van der Waals surface area contributed by atoms with Crippen LogP contribution in [0.5, 0.6) is 0 Å². The molecule has 28 heavy (non-hydrogen) atoms. The number of carbonyl (C=O) groups is 1. The minimum absolute atomic E-state index is 0.153. The van der Waals surface area contributed by atoms with Crippen LogP contribution in [-0.2, 0) is 11.0 Å². The van der Waals surface area contributed by atoms with Crippen molar-refractivity contribution in [1.29, 1.82) is 5.26 Å². The van der Waals surface area contributed by atoms with Crippen molar-refractivity contribution >= 4 is 27.9 Å². The Balaban J connectivity index is 1.47. The van der Waals surface area contributed by atoms with Gasteiger partial charge in [0, 0.05) is 44.8 Å². The molecule has 2 aromatic rings. The predicted molar refractivity (Wildman–Crippen MR) is 102 cm³/mol. The molecule has 1 aliphatic rings. The number of thiophene rings is 1. The Morgan fingerprint density at radius 3 is 2.64 bits per heavy atom. The highest BCUT2D eigenvalue weighted by Gasteiger charge is 2.31. The van der Waals surface area contributed by atoms with E-state index in [1.165, 1.54) is 23.5 Å². The fourth-order valence-corrected chi connectivity index (χ4v) is 3.81.